The van der Waals surface area contributed by atoms with Crippen LogP contribution >= 0.6 is 0 Å². The molecule has 0 saturated heterocycles. The number of aliphatic hydroxyl groups is 2. The molecule has 96 valence electrons. The lowest BCUT2D eigenvalue weighted by Crippen LogP contribution is -1.91. The van der Waals surface area contributed by atoms with Gasteiger partial charge in [0.1, 0.15) is 17.6 Å². The fraction of sp³-hybridized carbons (Fsp3) is 0.133. The number of nitrogens with zero attached hydrogens (tertiary/aromatic N) is 1. The van der Waals surface area contributed by atoms with E-state index >= 15 is 0 Å². The van der Waals surface area contributed by atoms with Gasteiger partial charge in [-0.15, -0.1) is 0 Å². The standard InChI is InChI=1S/C15H13NO3/c16-8-13-7-12(10-18)3-6-15(13)19-14-4-1-11(9-17)2-5-14/h1-7,17-18H,9-10H2. The van der Waals surface area contributed by atoms with Gasteiger partial charge in [0, 0.05) is 0 Å². The molecule has 2 aromatic carbocycles. The molecular weight excluding hydrogens is 242 g/mol. The van der Waals surface area contributed by atoms with Crippen molar-refractivity contribution in [2.75, 3.05) is 0 Å². The highest BCUT2D eigenvalue weighted by Crippen LogP contribution is 2.26. The van der Waals surface area contributed by atoms with Crippen molar-refractivity contribution in [3.63, 3.8) is 0 Å². The summed E-state index contributed by atoms with van der Waals surface area (Å²) in [6.07, 6.45) is 0. The van der Waals surface area contributed by atoms with Crippen molar-refractivity contribution in [1.29, 1.82) is 5.26 Å². The molecule has 0 spiro atoms. The molecule has 4 heteroatoms. The molecule has 0 fully saturated rings. The first-order valence-electron chi connectivity index (χ1n) is 5.78. The smallest absolute Gasteiger partial charge is 0.145 e. The first-order chi connectivity index (χ1) is 9.26. The molecule has 2 N–H and O–H groups in total. The Labute approximate surface area is 111 Å². The summed E-state index contributed by atoms with van der Waals surface area (Å²) in [5.74, 6) is 1.03. The molecule has 0 radical (unpaired) electrons. The highest BCUT2D eigenvalue weighted by Gasteiger charge is 2.06. The van der Waals surface area contributed by atoms with Gasteiger partial charge >= 0.3 is 0 Å². The van der Waals surface area contributed by atoms with Crippen LogP contribution in [0.25, 0.3) is 0 Å². The first kappa shape index (κ1) is 13.1. The van der Waals surface area contributed by atoms with Gasteiger partial charge in [0.05, 0.1) is 18.8 Å². The zero-order valence-electron chi connectivity index (χ0n) is 10.2. The summed E-state index contributed by atoms with van der Waals surface area (Å²) in [4.78, 5) is 0. The number of hydrogen-bond acceptors (Lipinski definition) is 4. The molecule has 2 rings (SSSR count). The van der Waals surface area contributed by atoms with Crippen LogP contribution in [0.3, 0.4) is 0 Å². The van der Waals surface area contributed by atoms with Crippen molar-refractivity contribution in [1.82, 2.24) is 0 Å². The molecule has 0 aliphatic rings. The summed E-state index contributed by atoms with van der Waals surface area (Å²) in [6, 6.07) is 14.0. The van der Waals surface area contributed by atoms with E-state index in [1.54, 1.807) is 42.5 Å². The highest BCUT2D eigenvalue weighted by molar-refractivity contribution is 5.47. The minimum Gasteiger partial charge on any atom is -0.456 e. The van der Waals surface area contributed by atoms with Gasteiger partial charge in [0.2, 0.25) is 0 Å². The SMILES string of the molecule is N#Cc1cc(CO)ccc1Oc1ccc(CO)cc1. The van der Waals surface area contributed by atoms with Crippen LogP contribution in [0, 0.1) is 11.3 Å². The molecule has 0 bridgehead atoms. The zero-order valence-corrected chi connectivity index (χ0v) is 10.2. The van der Waals surface area contributed by atoms with Crippen LogP contribution in [0.1, 0.15) is 16.7 Å². The van der Waals surface area contributed by atoms with Crippen molar-refractivity contribution < 1.29 is 14.9 Å². The van der Waals surface area contributed by atoms with Crippen molar-refractivity contribution in [2.24, 2.45) is 0 Å². The molecule has 0 heterocycles. The molecular formula is C15H13NO3. The molecule has 0 saturated carbocycles. The normalized spacial score (nSPS) is 9.95. The second-order valence-electron chi connectivity index (χ2n) is 4.00. The van der Waals surface area contributed by atoms with E-state index in [1.165, 1.54) is 0 Å². The monoisotopic (exact) mass is 255 g/mol. The van der Waals surface area contributed by atoms with Crippen LogP contribution in [-0.4, -0.2) is 10.2 Å². The summed E-state index contributed by atoms with van der Waals surface area (Å²) in [5.41, 5.74) is 1.83. The summed E-state index contributed by atoms with van der Waals surface area (Å²) in [5, 5.41) is 27.0. The molecule has 2 aromatic rings. The van der Waals surface area contributed by atoms with E-state index < -0.39 is 0 Å². The summed E-state index contributed by atoms with van der Waals surface area (Å²) in [7, 11) is 0. The average Bonchev–Trinajstić information content (AvgIpc) is 2.48. The summed E-state index contributed by atoms with van der Waals surface area (Å²) < 4.78 is 5.61. The third-order valence-electron chi connectivity index (χ3n) is 2.68. The van der Waals surface area contributed by atoms with E-state index in [0.717, 1.165) is 5.56 Å². The van der Waals surface area contributed by atoms with Gasteiger partial charge in [0.15, 0.2) is 0 Å². The quantitative estimate of drug-likeness (QED) is 0.879. The lowest BCUT2D eigenvalue weighted by molar-refractivity contribution is 0.281. The number of rotatable bonds is 4. The predicted molar refractivity (Wildman–Crippen MR) is 69.5 cm³/mol. The van der Waals surface area contributed by atoms with Gasteiger partial charge in [-0.25, -0.2) is 0 Å². The van der Waals surface area contributed by atoms with Gasteiger partial charge in [-0.3, -0.25) is 0 Å². The van der Waals surface area contributed by atoms with Crippen LogP contribution in [-0.2, 0) is 13.2 Å². The van der Waals surface area contributed by atoms with E-state index in [4.69, 9.17) is 20.2 Å². The van der Waals surface area contributed by atoms with Crippen LogP contribution < -0.4 is 4.74 Å². The van der Waals surface area contributed by atoms with E-state index in [-0.39, 0.29) is 13.2 Å². The number of nitriles is 1. The van der Waals surface area contributed by atoms with Crippen molar-refractivity contribution in [3.05, 3.63) is 59.2 Å². The summed E-state index contributed by atoms with van der Waals surface area (Å²) >= 11 is 0. The third kappa shape index (κ3) is 3.10. The minimum atomic E-state index is -0.111. The van der Waals surface area contributed by atoms with Gasteiger partial charge in [-0.2, -0.15) is 5.26 Å². The zero-order chi connectivity index (χ0) is 13.7. The first-order valence-corrected chi connectivity index (χ1v) is 5.78. The lowest BCUT2D eigenvalue weighted by atomic mass is 10.1. The average molecular weight is 255 g/mol. The summed E-state index contributed by atoms with van der Waals surface area (Å²) in [6.45, 7) is -0.130. The van der Waals surface area contributed by atoms with Crippen molar-refractivity contribution >= 4 is 0 Å². The Morgan fingerprint density at radius 2 is 1.58 bits per heavy atom. The van der Waals surface area contributed by atoms with Gasteiger partial charge in [-0.1, -0.05) is 18.2 Å². The third-order valence-corrected chi connectivity index (χ3v) is 2.68. The molecule has 0 aliphatic heterocycles. The van der Waals surface area contributed by atoms with Gasteiger partial charge < -0.3 is 14.9 Å². The van der Waals surface area contributed by atoms with Gasteiger partial charge in [-0.05, 0) is 35.4 Å². The van der Waals surface area contributed by atoms with E-state index in [1.807, 2.05) is 6.07 Å². The van der Waals surface area contributed by atoms with E-state index in [9.17, 15) is 0 Å². The second-order valence-corrected chi connectivity index (χ2v) is 4.00. The Morgan fingerprint density at radius 1 is 0.947 bits per heavy atom. The molecule has 0 aliphatic carbocycles. The Bertz CT molecular complexity index is 600. The maximum Gasteiger partial charge on any atom is 0.145 e. The number of hydrogen-bond donors (Lipinski definition) is 2. The van der Waals surface area contributed by atoms with Crippen molar-refractivity contribution in [3.8, 4) is 17.6 Å². The molecule has 4 nitrogen and oxygen atoms in total. The predicted octanol–water partition coefficient (Wildman–Crippen LogP) is 2.34. The van der Waals surface area contributed by atoms with Gasteiger partial charge in [0.25, 0.3) is 0 Å². The Morgan fingerprint density at radius 3 is 2.16 bits per heavy atom. The van der Waals surface area contributed by atoms with E-state index in [0.29, 0.717) is 22.6 Å². The largest absolute Gasteiger partial charge is 0.456 e. The maximum absolute atomic E-state index is 9.05. The highest BCUT2D eigenvalue weighted by atomic mass is 16.5. The fourth-order valence-electron chi connectivity index (χ4n) is 1.64. The van der Waals surface area contributed by atoms with Crippen LogP contribution in [0.15, 0.2) is 42.5 Å². The molecule has 0 unspecified atom stereocenters. The minimum absolute atomic E-state index is 0.0189. The van der Waals surface area contributed by atoms with Crippen LogP contribution in [0.4, 0.5) is 0 Å². The Balaban J connectivity index is 2.25. The number of aliphatic hydroxyl groups excluding tert-OH is 2. The van der Waals surface area contributed by atoms with E-state index in [2.05, 4.69) is 0 Å². The molecule has 0 atom stereocenters. The molecule has 0 amide bonds. The number of benzene rings is 2. The van der Waals surface area contributed by atoms with Crippen LogP contribution in [0.2, 0.25) is 0 Å². The Hall–Kier alpha value is -2.35. The Kier molecular flexibility index (Phi) is 4.14. The maximum atomic E-state index is 9.05. The number of ether oxygens (including phenoxy) is 1. The second kappa shape index (κ2) is 6.01. The van der Waals surface area contributed by atoms with Crippen LogP contribution in [0.5, 0.6) is 11.5 Å². The molecule has 0 aromatic heterocycles. The lowest BCUT2D eigenvalue weighted by Gasteiger charge is -2.08. The fourth-order valence-corrected chi connectivity index (χ4v) is 1.64. The topological polar surface area (TPSA) is 73.5 Å². The molecule has 19 heavy (non-hydrogen) atoms. The van der Waals surface area contributed by atoms with Crippen molar-refractivity contribution in [2.45, 2.75) is 13.2 Å².